The molecule has 0 amide bonds. The zero-order valence-corrected chi connectivity index (χ0v) is 12.8. The Balaban J connectivity index is 1.84. The molecule has 0 radical (unpaired) electrons. The van der Waals surface area contributed by atoms with E-state index in [4.69, 9.17) is 10.5 Å². The summed E-state index contributed by atoms with van der Waals surface area (Å²) in [5.41, 5.74) is 10.6. The summed E-state index contributed by atoms with van der Waals surface area (Å²) in [6.07, 6.45) is 2.45. The van der Waals surface area contributed by atoms with E-state index in [2.05, 4.69) is 36.4 Å². The van der Waals surface area contributed by atoms with Gasteiger partial charge in [-0.25, -0.2) is 0 Å². The van der Waals surface area contributed by atoms with Crippen LogP contribution in [0.2, 0.25) is 0 Å². The maximum atomic E-state index is 6.56. The minimum Gasteiger partial charge on any atom is -0.491 e. The van der Waals surface area contributed by atoms with Gasteiger partial charge in [0.1, 0.15) is 5.75 Å². The van der Waals surface area contributed by atoms with Crippen molar-refractivity contribution in [3.05, 3.63) is 65.2 Å². The first-order chi connectivity index (χ1) is 10.1. The Kier molecular flexibility index (Phi) is 3.98. The minimum atomic E-state index is 0.0318. The van der Waals surface area contributed by atoms with Crippen LogP contribution in [0, 0.1) is 0 Å². The first-order valence-electron chi connectivity index (χ1n) is 7.75. The molecule has 2 atom stereocenters. The summed E-state index contributed by atoms with van der Waals surface area (Å²) in [5.74, 6) is 1.32. The molecule has 2 N–H and O–H groups in total. The summed E-state index contributed by atoms with van der Waals surface area (Å²) in [6, 6.07) is 16.9. The van der Waals surface area contributed by atoms with E-state index in [0.29, 0.717) is 5.92 Å². The molecule has 3 rings (SSSR count). The van der Waals surface area contributed by atoms with Gasteiger partial charge in [-0.2, -0.15) is 0 Å². The second-order valence-electron chi connectivity index (χ2n) is 6.11. The van der Waals surface area contributed by atoms with Crippen molar-refractivity contribution in [2.24, 2.45) is 5.73 Å². The van der Waals surface area contributed by atoms with Gasteiger partial charge in [-0.3, -0.25) is 0 Å². The lowest BCUT2D eigenvalue weighted by Crippen LogP contribution is -2.18. The van der Waals surface area contributed by atoms with Gasteiger partial charge in [0, 0.05) is 12.0 Å². The molecule has 2 heteroatoms. The normalized spacial score (nSPS) is 18.6. The van der Waals surface area contributed by atoms with Gasteiger partial charge < -0.3 is 10.5 Å². The van der Waals surface area contributed by atoms with Gasteiger partial charge >= 0.3 is 0 Å². The molecule has 0 fully saturated rings. The number of ether oxygens (including phenoxy) is 1. The molecule has 0 saturated heterocycles. The van der Waals surface area contributed by atoms with Crippen molar-refractivity contribution < 1.29 is 4.74 Å². The highest BCUT2D eigenvalue weighted by atomic mass is 16.5. The van der Waals surface area contributed by atoms with Crippen molar-refractivity contribution in [3.63, 3.8) is 0 Å². The maximum Gasteiger partial charge on any atom is 0.120 e. The summed E-state index contributed by atoms with van der Waals surface area (Å²) in [6.45, 7) is 4.08. The van der Waals surface area contributed by atoms with E-state index in [0.717, 1.165) is 24.2 Å². The lowest BCUT2D eigenvalue weighted by atomic mass is 9.89. The van der Waals surface area contributed by atoms with E-state index in [1.165, 1.54) is 11.1 Å². The second kappa shape index (κ2) is 5.90. The second-order valence-corrected chi connectivity index (χ2v) is 6.11. The summed E-state index contributed by atoms with van der Waals surface area (Å²) in [4.78, 5) is 0. The summed E-state index contributed by atoms with van der Waals surface area (Å²) in [7, 11) is 0. The Morgan fingerprint density at radius 2 is 1.90 bits per heavy atom. The number of aryl methyl sites for hydroxylation is 1. The van der Waals surface area contributed by atoms with Crippen LogP contribution in [0.25, 0.3) is 0 Å². The summed E-state index contributed by atoms with van der Waals surface area (Å²) < 4.78 is 5.78. The highest BCUT2D eigenvalue weighted by Gasteiger charge is 2.28. The van der Waals surface area contributed by atoms with E-state index in [1.54, 1.807) is 0 Å². The van der Waals surface area contributed by atoms with Crippen LogP contribution in [-0.2, 0) is 6.42 Å². The molecular formula is C19H23NO. The van der Waals surface area contributed by atoms with Crippen LogP contribution in [0.4, 0.5) is 0 Å². The third-order valence-corrected chi connectivity index (χ3v) is 4.23. The fraction of sp³-hybridized carbons (Fsp3) is 0.368. The van der Waals surface area contributed by atoms with Gasteiger partial charge in [0.2, 0.25) is 0 Å². The van der Waals surface area contributed by atoms with Gasteiger partial charge in [0.15, 0.2) is 0 Å². The molecule has 0 spiro atoms. The van der Waals surface area contributed by atoms with Gasteiger partial charge in [0.05, 0.1) is 6.10 Å². The SMILES string of the molecule is CC(C)Oc1cccc(C(N)C2CCc3ccccc32)c1. The van der Waals surface area contributed by atoms with Crippen LogP contribution in [-0.4, -0.2) is 6.10 Å². The van der Waals surface area contributed by atoms with Crippen molar-refractivity contribution in [3.8, 4) is 5.75 Å². The number of nitrogens with two attached hydrogens (primary N) is 1. The first kappa shape index (κ1) is 14.2. The smallest absolute Gasteiger partial charge is 0.120 e. The molecule has 2 aromatic carbocycles. The summed E-state index contributed by atoms with van der Waals surface area (Å²) >= 11 is 0. The van der Waals surface area contributed by atoms with Gasteiger partial charge in [-0.05, 0) is 55.5 Å². The predicted molar refractivity (Wildman–Crippen MR) is 86.6 cm³/mol. The molecule has 110 valence electrons. The Hall–Kier alpha value is -1.80. The molecule has 1 aliphatic rings. The van der Waals surface area contributed by atoms with Crippen LogP contribution in [0.1, 0.15) is 48.9 Å². The van der Waals surface area contributed by atoms with E-state index < -0.39 is 0 Å². The fourth-order valence-corrected chi connectivity index (χ4v) is 3.26. The molecular weight excluding hydrogens is 258 g/mol. The number of benzene rings is 2. The highest BCUT2D eigenvalue weighted by Crippen LogP contribution is 2.40. The van der Waals surface area contributed by atoms with Crippen LogP contribution in [0.5, 0.6) is 5.75 Å². The molecule has 21 heavy (non-hydrogen) atoms. The molecule has 0 aromatic heterocycles. The third kappa shape index (κ3) is 2.96. The van der Waals surface area contributed by atoms with E-state index >= 15 is 0 Å². The van der Waals surface area contributed by atoms with Crippen LogP contribution in [0.3, 0.4) is 0 Å². The average Bonchev–Trinajstić information content (AvgIpc) is 2.90. The number of hydrogen-bond acceptors (Lipinski definition) is 2. The van der Waals surface area contributed by atoms with Gasteiger partial charge in [-0.1, -0.05) is 36.4 Å². The molecule has 2 aromatic rings. The molecule has 0 bridgehead atoms. The van der Waals surface area contributed by atoms with Crippen LogP contribution < -0.4 is 10.5 Å². The molecule has 0 aliphatic heterocycles. The molecule has 0 heterocycles. The van der Waals surface area contributed by atoms with Crippen molar-refractivity contribution in [2.75, 3.05) is 0 Å². The average molecular weight is 281 g/mol. The molecule has 2 unspecified atom stereocenters. The van der Waals surface area contributed by atoms with Crippen molar-refractivity contribution in [1.29, 1.82) is 0 Å². The Morgan fingerprint density at radius 3 is 2.71 bits per heavy atom. The largest absolute Gasteiger partial charge is 0.491 e. The third-order valence-electron chi connectivity index (χ3n) is 4.23. The zero-order chi connectivity index (χ0) is 14.8. The summed E-state index contributed by atoms with van der Waals surface area (Å²) in [5, 5.41) is 0. The van der Waals surface area contributed by atoms with E-state index in [9.17, 15) is 0 Å². The first-order valence-corrected chi connectivity index (χ1v) is 7.75. The molecule has 1 aliphatic carbocycles. The monoisotopic (exact) mass is 281 g/mol. The Labute approximate surface area is 126 Å². The Morgan fingerprint density at radius 1 is 1.10 bits per heavy atom. The highest BCUT2D eigenvalue weighted by molar-refractivity contribution is 5.39. The Bertz CT molecular complexity index is 620. The van der Waals surface area contributed by atoms with Crippen molar-refractivity contribution >= 4 is 0 Å². The minimum absolute atomic E-state index is 0.0318. The number of hydrogen-bond donors (Lipinski definition) is 1. The topological polar surface area (TPSA) is 35.2 Å². The fourth-order valence-electron chi connectivity index (χ4n) is 3.26. The van der Waals surface area contributed by atoms with Gasteiger partial charge in [0.25, 0.3) is 0 Å². The standard InChI is InChI=1S/C19H23NO/c1-13(2)21-16-8-5-7-15(12-16)19(20)18-11-10-14-6-3-4-9-17(14)18/h3-9,12-13,18-19H,10-11,20H2,1-2H3. The quantitative estimate of drug-likeness (QED) is 0.911. The molecule has 0 saturated carbocycles. The van der Waals surface area contributed by atoms with Crippen molar-refractivity contribution in [1.82, 2.24) is 0 Å². The lowest BCUT2D eigenvalue weighted by molar-refractivity contribution is 0.242. The number of fused-ring (bicyclic) bond motifs is 1. The van der Waals surface area contributed by atoms with E-state index in [1.807, 2.05) is 26.0 Å². The lowest BCUT2D eigenvalue weighted by Gasteiger charge is -2.21. The van der Waals surface area contributed by atoms with Crippen LogP contribution >= 0.6 is 0 Å². The van der Waals surface area contributed by atoms with Crippen LogP contribution in [0.15, 0.2) is 48.5 Å². The number of rotatable bonds is 4. The molecule has 2 nitrogen and oxygen atoms in total. The van der Waals surface area contributed by atoms with E-state index in [-0.39, 0.29) is 12.1 Å². The maximum absolute atomic E-state index is 6.56. The predicted octanol–water partition coefficient (Wildman–Crippen LogP) is 4.20. The van der Waals surface area contributed by atoms with Crippen molar-refractivity contribution in [2.45, 2.75) is 44.8 Å². The zero-order valence-electron chi connectivity index (χ0n) is 12.8. The van der Waals surface area contributed by atoms with Gasteiger partial charge in [-0.15, -0.1) is 0 Å².